The molecule has 1 atom stereocenters. The lowest BCUT2D eigenvalue weighted by Crippen LogP contribution is -2.47. The van der Waals surface area contributed by atoms with Crippen LogP contribution in [0.25, 0.3) is 0 Å². The fourth-order valence-corrected chi connectivity index (χ4v) is 2.83. The van der Waals surface area contributed by atoms with Crippen molar-refractivity contribution in [2.24, 2.45) is 5.41 Å². The van der Waals surface area contributed by atoms with Crippen molar-refractivity contribution in [1.82, 2.24) is 10.6 Å². The fourth-order valence-electron chi connectivity index (χ4n) is 2.83. The molecule has 110 valence electrons. The van der Waals surface area contributed by atoms with Crippen LogP contribution in [0.2, 0.25) is 0 Å². The summed E-state index contributed by atoms with van der Waals surface area (Å²) in [7, 11) is 0. The summed E-state index contributed by atoms with van der Waals surface area (Å²) in [4.78, 5) is 12.6. The number of carbonyl (C=O) groups is 1. The Labute approximate surface area is 120 Å². The van der Waals surface area contributed by atoms with Crippen LogP contribution in [0.1, 0.15) is 44.7 Å². The van der Waals surface area contributed by atoms with E-state index in [4.69, 9.17) is 0 Å². The number of rotatable bonds is 4. The smallest absolute Gasteiger partial charge is 0.226 e. The van der Waals surface area contributed by atoms with E-state index in [9.17, 15) is 9.18 Å². The Kier molecular flexibility index (Phi) is 4.76. The first kappa shape index (κ1) is 15.0. The molecule has 1 aliphatic heterocycles. The maximum absolute atomic E-state index is 12.9. The average Bonchev–Trinajstić information content (AvgIpc) is 2.48. The Morgan fingerprint density at radius 3 is 2.50 bits per heavy atom. The van der Waals surface area contributed by atoms with E-state index >= 15 is 0 Å². The van der Waals surface area contributed by atoms with Crippen molar-refractivity contribution >= 4 is 5.91 Å². The number of amides is 1. The molecule has 1 aromatic rings. The van der Waals surface area contributed by atoms with Gasteiger partial charge in [-0.3, -0.25) is 4.79 Å². The Morgan fingerprint density at radius 2 is 1.95 bits per heavy atom. The van der Waals surface area contributed by atoms with Gasteiger partial charge in [-0.25, -0.2) is 4.39 Å². The molecule has 1 aliphatic rings. The van der Waals surface area contributed by atoms with Crippen molar-refractivity contribution in [2.75, 3.05) is 13.1 Å². The number of benzene rings is 1. The molecule has 3 nitrogen and oxygen atoms in total. The Balaban J connectivity index is 2.04. The number of nitrogens with one attached hydrogen (secondary N) is 2. The lowest BCUT2D eigenvalue weighted by molar-refractivity contribution is -0.133. The van der Waals surface area contributed by atoms with Gasteiger partial charge in [0.15, 0.2) is 0 Å². The minimum Gasteiger partial charge on any atom is -0.349 e. The molecule has 0 saturated carbocycles. The quantitative estimate of drug-likeness (QED) is 0.889. The van der Waals surface area contributed by atoms with Gasteiger partial charge in [-0.1, -0.05) is 19.1 Å². The third-order valence-electron chi connectivity index (χ3n) is 4.44. The van der Waals surface area contributed by atoms with Gasteiger partial charge in [0.1, 0.15) is 5.82 Å². The highest BCUT2D eigenvalue weighted by Gasteiger charge is 2.38. The van der Waals surface area contributed by atoms with Crippen molar-refractivity contribution in [2.45, 2.75) is 39.2 Å². The zero-order chi connectivity index (χ0) is 14.6. The highest BCUT2D eigenvalue weighted by Crippen LogP contribution is 2.33. The fraction of sp³-hybridized carbons (Fsp3) is 0.562. The molecule has 1 saturated heterocycles. The molecular formula is C16H23FN2O. The number of halogens is 1. The van der Waals surface area contributed by atoms with Crippen LogP contribution in [-0.2, 0) is 4.79 Å². The second-order valence-corrected chi connectivity index (χ2v) is 5.63. The molecule has 1 amide bonds. The van der Waals surface area contributed by atoms with Gasteiger partial charge in [0.25, 0.3) is 0 Å². The maximum Gasteiger partial charge on any atom is 0.226 e. The van der Waals surface area contributed by atoms with Gasteiger partial charge in [-0.2, -0.15) is 0 Å². The third kappa shape index (κ3) is 3.18. The lowest BCUT2D eigenvalue weighted by Gasteiger charge is -2.36. The van der Waals surface area contributed by atoms with E-state index in [2.05, 4.69) is 17.6 Å². The number of hydrogen-bond acceptors (Lipinski definition) is 2. The van der Waals surface area contributed by atoms with Crippen LogP contribution in [0.15, 0.2) is 24.3 Å². The summed E-state index contributed by atoms with van der Waals surface area (Å²) >= 11 is 0. The first-order valence-corrected chi connectivity index (χ1v) is 7.34. The van der Waals surface area contributed by atoms with Gasteiger partial charge < -0.3 is 10.6 Å². The summed E-state index contributed by atoms with van der Waals surface area (Å²) in [5, 5.41) is 6.39. The van der Waals surface area contributed by atoms with Crippen molar-refractivity contribution in [1.29, 1.82) is 0 Å². The minimum absolute atomic E-state index is 0.0959. The molecule has 20 heavy (non-hydrogen) atoms. The van der Waals surface area contributed by atoms with E-state index in [0.717, 1.165) is 37.9 Å². The molecule has 0 spiro atoms. The highest BCUT2D eigenvalue weighted by molar-refractivity contribution is 5.83. The van der Waals surface area contributed by atoms with Crippen LogP contribution in [0.4, 0.5) is 4.39 Å². The van der Waals surface area contributed by atoms with E-state index in [1.807, 2.05) is 6.92 Å². The molecular weight excluding hydrogens is 255 g/mol. The molecule has 2 N–H and O–H groups in total. The van der Waals surface area contributed by atoms with Crippen molar-refractivity contribution < 1.29 is 9.18 Å². The zero-order valence-corrected chi connectivity index (χ0v) is 12.2. The highest BCUT2D eigenvalue weighted by atomic mass is 19.1. The monoisotopic (exact) mass is 278 g/mol. The molecule has 2 rings (SSSR count). The van der Waals surface area contributed by atoms with E-state index in [-0.39, 0.29) is 23.2 Å². The van der Waals surface area contributed by atoms with E-state index in [1.165, 1.54) is 12.1 Å². The SMILES string of the molecule is CCC1(C(=O)N[C@@H](C)c2ccc(F)cc2)CCNCC1. The normalized spacial score (nSPS) is 19.4. The van der Waals surface area contributed by atoms with Gasteiger partial charge in [-0.05, 0) is 57.0 Å². The van der Waals surface area contributed by atoms with Crippen LogP contribution >= 0.6 is 0 Å². The zero-order valence-electron chi connectivity index (χ0n) is 12.2. The first-order valence-electron chi connectivity index (χ1n) is 7.34. The van der Waals surface area contributed by atoms with Crippen LogP contribution in [0, 0.1) is 11.2 Å². The molecule has 4 heteroatoms. The summed E-state index contributed by atoms with van der Waals surface area (Å²) in [6, 6.07) is 6.21. The Morgan fingerprint density at radius 1 is 1.35 bits per heavy atom. The van der Waals surface area contributed by atoms with E-state index < -0.39 is 0 Å². The standard InChI is InChI=1S/C16H23FN2O/c1-3-16(8-10-18-11-9-16)15(20)19-12(2)13-4-6-14(17)7-5-13/h4-7,12,18H,3,8-11H2,1-2H3,(H,19,20)/t12-/m0/s1. The molecule has 1 fully saturated rings. The predicted octanol–water partition coefficient (Wildman–Crippen LogP) is 2.78. The third-order valence-corrected chi connectivity index (χ3v) is 4.44. The molecule has 0 radical (unpaired) electrons. The molecule has 0 bridgehead atoms. The molecule has 0 aromatic heterocycles. The summed E-state index contributed by atoms with van der Waals surface area (Å²) in [6.07, 6.45) is 2.62. The van der Waals surface area contributed by atoms with Crippen LogP contribution in [-0.4, -0.2) is 19.0 Å². The number of hydrogen-bond donors (Lipinski definition) is 2. The van der Waals surface area contributed by atoms with Crippen molar-refractivity contribution in [3.8, 4) is 0 Å². The Bertz CT molecular complexity index is 452. The van der Waals surface area contributed by atoms with Gasteiger partial charge in [0.2, 0.25) is 5.91 Å². The molecule has 1 aromatic carbocycles. The maximum atomic E-state index is 12.9. The second kappa shape index (κ2) is 6.35. The van der Waals surface area contributed by atoms with Gasteiger partial charge in [0.05, 0.1) is 11.5 Å². The van der Waals surface area contributed by atoms with Crippen LogP contribution in [0.5, 0.6) is 0 Å². The van der Waals surface area contributed by atoms with E-state index in [1.54, 1.807) is 12.1 Å². The first-order chi connectivity index (χ1) is 9.57. The topological polar surface area (TPSA) is 41.1 Å². The van der Waals surface area contributed by atoms with Crippen LogP contribution in [0.3, 0.4) is 0 Å². The summed E-state index contributed by atoms with van der Waals surface area (Å²) in [6.45, 7) is 5.81. The van der Waals surface area contributed by atoms with Crippen molar-refractivity contribution in [3.05, 3.63) is 35.6 Å². The van der Waals surface area contributed by atoms with Crippen molar-refractivity contribution in [3.63, 3.8) is 0 Å². The largest absolute Gasteiger partial charge is 0.349 e. The van der Waals surface area contributed by atoms with Gasteiger partial charge >= 0.3 is 0 Å². The number of piperidine rings is 1. The molecule has 0 unspecified atom stereocenters. The Hall–Kier alpha value is -1.42. The summed E-state index contributed by atoms with van der Waals surface area (Å²) in [5.41, 5.74) is 0.680. The summed E-state index contributed by atoms with van der Waals surface area (Å²) in [5.74, 6) is -0.131. The van der Waals surface area contributed by atoms with Crippen LogP contribution < -0.4 is 10.6 Å². The molecule has 0 aliphatic carbocycles. The average molecular weight is 278 g/mol. The lowest BCUT2D eigenvalue weighted by atomic mass is 9.75. The predicted molar refractivity (Wildman–Crippen MR) is 77.8 cm³/mol. The molecule has 1 heterocycles. The van der Waals surface area contributed by atoms with E-state index in [0.29, 0.717) is 0 Å². The summed E-state index contributed by atoms with van der Waals surface area (Å²) < 4.78 is 12.9. The van der Waals surface area contributed by atoms with Gasteiger partial charge in [-0.15, -0.1) is 0 Å². The number of carbonyl (C=O) groups excluding carboxylic acids is 1. The van der Waals surface area contributed by atoms with Gasteiger partial charge in [0, 0.05) is 0 Å². The minimum atomic E-state index is -0.254. The second-order valence-electron chi connectivity index (χ2n) is 5.63.